The summed E-state index contributed by atoms with van der Waals surface area (Å²) in [5.41, 5.74) is 0.813. The van der Waals surface area contributed by atoms with Gasteiger partial charge in [-0.1, -0.05) is 11.8 Å². The summed E-state index contributed by atoms with van der Waals surface area (Å²) in [7, 11) is 0. The molecule has 0 N–H and O–H groups in total. The zero-order valence-electron chi connectivity index (χ0n) is 13.1. The normalized spacial score (nSPS) is 14.6. The second-order valence-electron chi connectivity index (χ2n) is 4.91. The maximum atomic E-state index is 11.4. The summed E-state index contributed by atoms with van der Waals surface area (Å²) in [6.45, 7) is 4.76. The molecule has 0 bridgehead atoms. The molecule has 7 heteroatoms. The molecule has 0 radical (unpaired) electrons. The van der Waals surface area contributed by atoms with Crippen molar-refractivity contribution in [3.8, 4) is 5.75 Å². The van der Waals surface area contributed by atoms with E-state index in [4.69, 9.17) is 9.47 Å². The third-order valence-corrected chi connectivity index (χ3v) is 4.02. The van der Waals surface area contributed by atoms with Crippen molar-refractivity contribution in [3.05, 3.63) is 29.3 Å². The second-order valence-corrected chi connectivity index (χ2v) is 5.97. The predicted octanol–water partition coefficient (Wildman–Crippen LogP) is 2.52. The fourth-order valence-electron chi connectivity index (χ4n) is 2.10. The van der Waals surface area contributed by atoms with Crippen LogP contribution in [0.1, 0.15) is 20.8 Å². The Morgan fingerprint density at radius 2 is 1.91 bits per heavy atom. The quantitative estimate of drug-likeness (QED) is 0.465. The van der Waals surface area contributed by atoms with E-state index in [0.717, 1.165) is 15.6 Å². The zero-order valence-corrected chi connectivity index (χ0v) is 13.9. The van der Waals surface area contributed by atoms with Crippen LogP contribution >= 0.6 is 11.8 Å². The van der Waals surface area contributed by atoms with Crippen molar-refractivity contribution in [1.29, 1.82) is 0 Å². The van der Waals surface area contributed by atoms with Gasteiger partial charge in [0.05, 0.1) is 17.3 Å². The highest BCUT2D eigenvalue weighted by molar-refractivity contribution is 8.03. The summed E-state index contributed by atoms with van der Waals surface area (Å²) in [4.78, 5) is 36.3. The molecule has 23 heavy (non-hydrogen) atoms. The number of esters is 2. The van der Waals surface area contributed by atoms with Crippen LogP contribution in [0.5, 0.6) is 5.75 Å². The van der Waals surface area contributed by atoms with Crippen LogP contribution in [0, 0.1) is 0 Å². The van der Waals surface area contributed by atoms with Crippen molar-refractivity contribution in [2.75, 3.05) is 18.1 Å². The minimum Gasteiger partial charge on any atom is -0.464 e. The number of ether oxygens (including phenoxy) is 2. The van der Waals surface area contributed by atoms with E-state index in [-0.39, 0.29) is 18.4 Å². The van der Waals surface area contributed by atoms with Crippen molar-refractivity contribution < 1.29 is 23.9 Å². The Balaban J connectivity index is 2.28. The van der Waals surface area contributed by atoms with E-state index >= 15 is 0 Å². The molecule has 0 aliphatic carbocycles. The molecule has 122 valence electrons. The molecule has 0 spiro atoms. The van der Waals surface area contributed by atoms with Crippen LogP contribution in [0.2, 0.25) is 0 Å². The topological polar surface area (TPSA) is 72.9 Å². The Hall–Kier alpha value is -2.28. The largest absolute Gasteiger partial charge is 0.464 e. The molecule has 0 aromatic heterocycles. The highest BCUT2D eigenvalue weighted by Crippen LogP contribution is 2.47. The number of hydrogen-bond donors (Lipinski definition) is 0. The maximum absolute atomic E-state index is 11.4. The number of benzene rings is 1. The lowest BCUT2D eigenvalue weighted by Crippen LogP contribution is -2.24. The van der Waals surface area contributed by atoms with E-state index in [1.807, 2.05) is 11.0 Å². The molecule has 0 amide bonds. The lowest BCUT2D eigenvalue weighted by molar-refractivity contribution is -0.140. The zero-order chi connectivity index (χ0) is 17.0. The number of hydrogen-bond acceptors (Lipinski definition) is 7. The molecule has 1 heterocycles. The van der Waals surface area contributed by atoms with Gasteiger partial charge in [-0.3, -0.25) is 14.4 Å². The fraction of sp³-hybridized carbons (Fsp3) is 0.312. The maximum Gasteiger partial charge on any atom is 0.308 e. The van der Waals surface area contributed by atoms with Gasteiger partial charge in [0, 0.05) is 30.9 Å². The van der Waals surface area contributed by atoms with Gasteiger partial charge in [0.25, 0.3) is 0 Å². The Morgan fingerprint density at radius 1 is 1.17 bits per heavy atom. The van der Waals surface area contributed by atoms with Gasteiger partial charge in [-0.05, 0) is 19.1 Å². The molecule has 1 aromatic carbocycles. The summed E-state index contributed by atoms with van der Waals surface area (Å²) in [6, 6.07) is 5.27. The molecule has 0 saturated carbocycles. The fourth-order valence-corrected chi connectivity index (χ4v) is 3.26. The predicted molar refractivity (Wildman–Crippen MR) is 86.4 cm³/mol. The number of fused-ring (bicyclic) bond motifs is 1. The van der Waals surface area contributed by atoms with Gasteiger partial charge >= 0.3 is 11.9 Å². The first-order chi connectivity index (χ1) is 10.9. The van der Waals surface area contributed by atoms with E-state index in [1.54, 1.807) is 12.1 Å². The van der Waals surface area contributed by atoms with Crippen LogP contribution in [-0.2, 0) is 19.1 Å². The number of ketones is 1. The number of carbonyl (C=O) groups is 3. The highest BCUT2D eigenvalue weighted by Gasteiger charge is 2.26. The van der Waals surface area contributed by atoms with Crippen LogP contribution in [0.3, 0.4) is 0 Å². The average Bonchev–Trinajstić information content (AvgIpc) is 2.74. The van der Waals surface area contributed by atoms with Gasteiger partial charge in [0.1, 0.15) is 12.4 Å². The molecule has 6 nitrogen and oxygen atoms in total. The van der Waals surface area contributed by atoms with Gasteiger partial charge in [-0.25, -0.2) is 0 Å². The average molecular weight is 335 g/mol. The van der Waals surface area contributed by atoms with Crippen molar-refractivity contribution >= 4 is 35.2 Å². The monoisotopic (exact) mass is 335 g/mol. The van der Waals surface area contributed by atoms with Crippen LogP contribution in [0.25, 0.3) is 0 Å². The molecule has 1 aliphatic rings. The van der Waals surface area contributed by atoms with Crippen LogP contribution < -0.4 is 9.64 Å². The van der Waals surface area contributed by atoms with Crippen molar-refractivity contribution in [3.63, 3.8) is 0 Å². The Labute approximate surface area is 138 Å². The molecule has 1 aliphatic heterocycles. The third kappa shape index (κ3) is 4.59. The lowest BCUT2D eigenvalue weighted by atomic mass is 10.2. The smallest absolute Gasteiger partial charge is 0.308 e. The highest BCUT2D eigenvalue weighted by atomic mass is 32.2. The standard InChI is InChI=1S/C16H17NO5S/c1-10(18)8-16-17(6-7-21-11(2)19)14-9-13(22-12(3)20)4-5-15(14)23-16/h4-5,8-9H,6-7H2,1-3H3/b16-8-. The van der Waals surface area contributed by atoms with Gasteiger partial charge in [-0.2, -0.15) is 0 Å². The number of rotatable bonds is 5. The minimum atomic E-state index is -0.401. The first-order valence-corrected chi connectivity index (χ1v) is 7.82. The van der Waals surface area contributed by atoms with Crippen molar-refractivity contribution in [1.82, 2.24) is 0 Å². The van der Waals surface area contributed by atoms with Crippen LogP contribution in [0.4, 0.5) is 5.69 Å². The van der Waals surface area contributed by atoms with Gasteiger partial charge in [0.15, 0.2) is 5.78 Å². The number of nitrogens with zero attached hydrogens (tertiary/aromatic N) is 1. The Morgan fingerprint density at radius 3 is 2.52 bits per heavy atom. The first kappa shape index (κ1) is 17.1. The summed E-state index contributed by atoms with van der Waals surface area (Å²) < 4.78 is 10.1. The van der Waals surface area contributed by atoms with Crippen molar-refractivity contribution in [2.24, 2.45) is 0 Å². The molecular formula is C16H17NO5S. The molecule has 0 atom stereocenters. The van der Waals surface area contributed by atoms with Crippen LogP contribution in [0.15, 0.2) is 34.2 Å². The summed E-state index contributed by atoms with van der Waals surface area (Å²) in [5, 5.41) is 0.750. The van der Waals surface area contributed by atoms with Gasteiger partial charge in [-0.15, -0.1) is 0 Å². The van der Waals surface area contributed by atoms with E-state index in [1.165, 1.54) is 38.6 Å². The van der Waals surface area contributed by atoms with E-state index in [2.05, 4.69) is 0 Å². The van der Waals surface area contributed by atoms with E-state index < -0.39 is 5.97 Å². The van der Waals surface area contributed by atoms with Gasteiger partial charge < -0.3 is 14.4 Å². The minimum absolute atomic E-state index is 0.0713. The Bertz CT molecular complexity index is 683. The number of carbonyl (C=O) groups excluding carboxylic acids is 3. The SMILES string of the molecule is CC(=O)/C=C1\Sc2ccc(OC(C)=O)cc2N1CCOC(C)=O. The first-order valence-electron chi connectivity index (χ1n) is 7.00. The Kier molecular flexibility index (Phi) is 5.44. The molecule has 0 saturated heterocycles. The summed E-state index contributed by atoms with van der Waals surface area (Å²) >= 11 is 1.44. The second kappa shape index (κ2) is 7.32. The lowest BCUT2D eigenvalue weighted by Gasteiger charge is -2.20. The third-order valence-electron chi connectivity index (χ3n) is 2.91. The van der Waals surface area contributed by atoms with E-state index in [9.17, 15) is 14.4 Å². The molecule has 0 fully saturated rings. The summed E-state index contributed by atoms with van der Waals surface area (Å²) in [6.07, 6.45) is 1.53. The number of thioether (sulfide) groups is 1. The number of anilines is 1. The number of allylic oxidation sites excluding steroid dienone is 1. The van der Waals surface area contributed by atoms with Gasteiger partial charge in [0.2, 0.25) is 0 Å². The summed E-state index contributed by atoms with van der Waals surface area (Å²) in [5.74, 6) is -0.402. The van der Waals surface area contributed by atoms with Crippen molar-refractivity contribution in [2.45, 2.75) is 25.7 Å². The molecule has 0 unspecified atom stereocenters. The molecule has 1 aromatic rings. The molecular weight excluding hydrogens is 318 g/mol. The van der Waals surface area contributed by atoms with E-state index in [0.29, 0.717) is 12.3 Å². The molecule has 2 rings (SSSR count). The van der Waals surface area contributed by atoms with Crippen LogP contribution in [-0.4, -0.2) is 30.9 Å².